The van der Waals surface area contributed by atoms with Crippen LogP contribution in [0.5, 0.6) is 0 Å². The molecule has 7 aromatic carbocycles. The Morgan fingerprint density at radius 1 is 0.408 bits per heavy atom. The van der Waals surface area contributed by atoms with Crippen molar-refractivity contribution in [2.45, 2.75) is 11.8 Å². The minimum Gasteiger partial charge on any atom is -0.456 e. The highest BCUT2D eigenvalue weighted by Crippen LogP contribution is 2.52. The average Bonchev–Trinajstić information content (AvgIpc) is 3.89. The molecule has 3 heterocycles. The molecule has 3 nitrogen and oxygen atoms in total. The van der Waals surface area contributed by atoms with Crippen LogP contribution in [0.15, 0.2) is 162 Å². The molecule has 0 N–H and O–H groups in total. The summed E-state index contributed by atoms with van der Waals surface area (Å²) < 4.78 is 11.5. The van der Waals surface area contributed by atoms with Crippen LogP contribution in [-0.2, 0) is 0 Å². The van der Waals surface area contributed by atoms with E-state index in [1.54, 1.807) is 0 Å². The fourth-order valence-corrected chi connectivity index (χ4v) is 9.37. The van der Waals surface area contributed by atoms with Gasteiger partial charge in [0.2, 0.25) is 0 Å². The molecule has 2 atom stereocenters. The smallest absolute Gasteiger partial charge is 0.137 e. The molecule has 49 heavy (non-hydrogen) atoms. The van der Waals surface area contributed by atoms with Crippen LogP contribution in [0.25, 0.3) is 87.7 Å². The van der Waals surface area contributed by atoms with Crippen molar-refractivity contribution in [2.24, 2.45) is 0 Å². The minimum atomic E-state index is 0.380. The zero-order valence-electron chi connectivity index (χ0n) is 26.5. The van der Waals surface area contributed by atoms with Gasteiger partial charge in [0, 0.05) is 49.8 Å². The second kappa shape index (κ2) is 9.18. The quantitative estimate of drug-likeness (QED) is 0.188. The van der Waals surface area contributed by atoms with Crippen LogP contribution in [0.1, 0.15) is 23.0 Å². The molecule has 0 saturated heterocycles. The van der Waals surface area contributed by atoms with E-state index in [1.807, 2.05) is 0 Å². The van der Waals surface area contributed by atoms with Crippen LogP contribution in [0.4, 0.5) is 0 Å². The van der Waals surface area contributed by atoms with Gasteiger partial charge in [-0.05, 0) is 71.1 Å². The third-order valence-electron chi connectivity index (χ3n) is 11.3. The molecule has 0 amide bonds. The van der Waals surface area contributed by atoms with Gasteiger partial charge >= 0.3 is 0 Å². The van der Waals surface area contributed by atoms with Crippen molar-refractivity contribution >= 4 is 76.3 Å². The molecule has 2 aliphatic rings. The molecule has 12 rings (SSSR count). The van der Waals surface area contributed by atoms with Crippen molar-refractivity contribution in [3.63, 3.8) is 0 Å². The van der Waals surface area contributed by atoms with Gasteiger partial charge in [-0.15, -0.1) is 0 Å². The van der Waals surface area contributed by atoms with Gasteiger partial charge in [-0.3, -0.25) is 0 Å². The van der Waals surface area contributed by atoms with Crippen LogP contribution in [-0.4, -0.2) is 9.13 Å². The first-order chi connectivity index (χ1) is 24.3. The molecule has 10 aromatic rings. The van der Waals surface area contributed by atoms with E-state index in [0.717, 1.165) is 27.6 Å². The second-order valence-electron chi connectivity index (χ2n) is 13.6. The summed E-state index contributed by atoms with van der Waals surface area (Å²) in [7, 11) is 0. The van der Waals surface area contributed by atoms with Crippen LogP contribution < -0.4 is 0 Å². The topological polar surface area (TPSA) is 23.0 Å². The molecule has 0 radical (unpaired) electrons. The van der Waals surface area contributed by atoms with E-state index in [2.05, 4.69) is 167 Å². The maximum Gasteiger partial charge on any atom is 0.137 e. The van der Waals surface area contributed by atoms with Gasteiger partial charge in [0.15, 0.2) is 0 Å². The Balaban J connectivity index is 1.31. The highest BCUT2D eigenvalue weighted by Gasteiger charge is 2.33. The number of rotatable bonds is 2. The largest absolute Gasteiger partial charge is 0.456 e. The molecule has 3 aromatic heterocycles. The number of fused-ring (bicyclic) bond motifs is 14. The molecule has 2 unspecified atom stereocenters. The highest BCUT2D eigenvalue weighted by atomic mass is 16.3. The number of hydrogen-bond acceptors (Lipinski definition) is 1. The minimum absolute atomic E-state index is 0.380. The number of hydrogen-bond donors (Lipinski definition) is 0. The molecular formula is C46H28N2O. The third-order valence-corrected chi connectivity index (χ3v) is 11.3. The maximum absolute atomic E-state index is 6.53. The normalized spacial score (nSPS) is 16.8. The lowest BCUT2D eigenvalue weighted by molar-refractivity contribution is 0.669. The van der Waals surface area contributed by atoms with Crippen molar-refractivity contribution in [1.29, 1.82) is 0 Å². The number of aromatic nitrogens is 2. The van der Waals surface area contributed by atoms with Gasteiger partial charge in [-0.2, -0.15) is 0 Å². The van der Waals surface area contributed by atoms with Gasteiger partial charge in [-0.25, -0.2) is 0 Å². The Morgan fingerprint density at radius 3 is 1.96 bits per heavy atom. The van der Waals surface area contributed by atoms with E-state index in [9.17, 15) is 0 Å². The van der Waals surface area contributed by atoms with Crippen LogP contribution in [0.2, 0.25) is 0 Å². The van der Waals surface area contributed by atoms with Crippen molar-refractivity contribution < 1.29 is 4.42 Å². The van der Waals surface area contributed by atoms with Gasteiger partial charge in [0.05, 0.1) is 33.1 Å². The van der Waals surface area contributed by atoms with Crippen molar-refractivity contribution in [3.05, 3.63) is 169 Å². The first-order valence-electron chi connectivity index (χ1n) is 17.1. The molecule has 0 spiro atoms. The molecule has 0 fully saturated rings. The lowest BCUT2D eigenvalue weighted by Crippen LogP contribution is -2.02. The van der Waals surface area contributed by atoms with Crippen LogP contribution >= 0.6 is 0 Å². The van der Waals surface area contributed by atoms with E-state index in [0.29, 0.717) is 11.8 Å². The predicted octanol–water partition coefficient (Wildman–Crippen LogP) is 12.2. The molecular weight excluding hydrogens is 597 g/mol. The summed E-state index contributed by atoms with van der Waals surface area (Å²) in [5.41, 5.74) is 11.8. The Hall–Kier alpha value is -6.32. The zero-order valence-corrected chi connectivity index (χ0v) is 26.5. The first-order valence-corrected chi connectivity index (χ1v) is 17.1. The zero-order chi connectivity index (χ0) is 31.8. The molecule has 0 bridgehead atoms. The Morgan fingerprint density at radius 2 is 1.10 bits per heavy atom. The molecule has 2 aliphatic carbocycles. The number of benzene rings is 7. The first kappa shape index (κ1) is 25.7. The standard InChI is InChI=1S/C46H28N2O/c1-2-11-27(12-3-1)47-36-19-8-6-15-33(36)43-38(47)24-25-39-44(43)35-22-26-41-45(34-16-7-9-20-40(34)49-41)46(35)48(39)37-23-21-31-29-14-5-4-13-28(29)30-17-10-18-32(37)42(30)31/h1-26,28-29H. The fraction of sp³-hybridized carbons (Fsp3) is 0.0435. The fourth-order valence-electron chi connectivity index (χ4n) is 9.37. The Bertz CT molecular complexity index is 3090. The molecule has 228 valence electrons. The highest BCUT2D eigenvalue weighted by molar-refractivity contribution is 6.33. The summed E-state index contributed by atoms with van der Waals surface area (Å²) >= 11 is 0. The predicted molar refractivity (Wildman–Crippen MR) is 204 cm³/mol. The number of para-hydroxylation sites is 3. The summed E-state index contributed by atoms with van der Waals surface area (Å²) in [5.74, 6) is 0.760. The van der Waals surface area contributed by atoms with Gasteiger partial charge in [0.1, 0.15) is 11.2 Å². The SMILES string of the molecule is C1=CC2c3cccc4c(-n5c6ccc7c(c8ccccc8n7-c7ccccc7)c6c6ccc7oc8ccccc8c7c65)ccc(c34)C2C=C1. The lowest BCUT2D eigenvalue weighted by atomic mass is 9.86. The Labute approximate surface area is 281 Å². The van der Waals surface area contributed by atoms with E-state index >= 15 is 0 Å². The Kier molecular flexibility index (Phi) is 4.82. The van der Waals surface area contributed by atoms with Gasteiger partial charge in [0.25, 0.3) is 0 Å². The summed E-state index contributed by atoms with van der Waals surface area (Å²) in [5, 5.41) is 10.0. The van der Waals surface area contributed by atoms with E-state index in [1.165, 1.54) is 71.2 Å². The summed E-state index contributed by atoms with van der Waals surface area (Å²) in [6.07, 6.45) is 9.16. The van der Waals surface area contributed by atoms with E-state index < -0.39 is 0 Å². The number of nitrogens with zero attached hydrogens (tertiary/aromatic N) is 2. The number of allylic oxidation sites excluding steroid dienone is 4. The summed E-state index contributed by atoms with van der Waals surface area (Å²) in [4.78, 5) is 0. The van der Waals surface area contributed by atoms with Gasteiger partial charge < -0.3 is 13.6 Å². The van der Waals surface area contributed by atoms with E-state index in [4.69, 9.17) is 4.42 Å². The monoisotopic (exact) mass is 624 g/mol. The van der Waals surface area contributed by atoms with Crippen molar-refractivity contribution in [3.8, 4) is 11.4 Å². The van der Waals surface area contributed by atoms with E-state index in [-0.39, 0.29) is 0 Å². The van der Waals surface area contributed by atoms with Crippen molar-refractivity contribution in [2.75, 3.05) is 0 Å². The van der Waals surface area contributed by atoms with Crippen molar-refractivity contribution in [1.82, 2.24) is 9.13 Å². The summed E-state index contributed by atoms with van der Waals surface area (Å²) in [6.45, 7) is 0. The lowest BCUT2D eigenvalue weighted by Gasteiger charge is -2.17. The average molecular weight is 625 g/mol. The molecule has 0 aliphatic heterocycles. The molecule has 0 saturated carbocycles. The number of furan rings is 1. The summed E-state index contributed by atoms with van der Waals surface area (Å²) in [6, 6.07) is 48.9. The van der Waals surface area contributed by atoms with Crippen LogP contribution in [0.3, 0.4) is 0 Å². The second-order valence-corrected chi connectivity index (χ2v) is 13.6. The maximum atomic E-state index is 6.53. The van der Waals surface area contributed by atoms with Crippen LogP contribution in [0, 0.1) is 0 Å². The third kappa shape index (κ3) is 3.18. The van der Waals surface area contributed by atoms with Gasteiger partial charge in [-0.1, -0.05) is 103 Å². The molecule has 3 heteroatoms.